The maximum atomic E-state index is 10.8. The van der Waals surface area contributed by atoms with E-state index >= 15 is 0 Å². The summed E-state index contributed by atoms with van der Waals surface area (Å²) in [5, 5.41) is 9.41. The maximum Gasteiger partial charge on any atom is 0.339 e. The summed E-state index contributed by atoms with van der Waals surface area (Å²) in [5.74, 6) is -0.338. The summed E-state index contributed by atoms with van der Waals surface area (Å²) in [6.45, 7) is 4.22. The summed E-state index contributed by atoms with van der Waals surface area (Å²) in [4.78, 5) is 18.6. The number of rotatable bonds is 5. The van der Waals surface area contributed by atoms with Crippen molar-refractivity contribution in [1.29, 1.82) is 0 Å². The van der Waals surface area contributed by atoms with Gasteiger partial charge in [-0.1, -0.05) is 13.8 Å². The molecule has 4 nitrogen and oxygen atoms in total. The standard InChI is InChI=1S/C10H14N2O2S/c1-3-7(2)15-5-9-8(10(13)14)4-11-6-12-9/h4,6-7H,3,5H2,1-2H3,(H,13,14). The van der Waals surface area contributed by atoms with Crippen molar-refractivity contribution in [1.82, 2.24) is 9.97 Å². The number of hydrogen-bond acceptors (Lipinski definition) is 4. The summed E-state index contributed by atoms with van der Waals surface area (Å²) in [5.41, 5.74) is 0.802. The molecular formula is C10H14N2O2S. The van der Waals surface area contributed by atoms with E-state index in [1.54, 1.807) is 11.8 Å². The number of thioether (sulfide) groups is 1. The molecule has 0 saturated heterocycles. The van der Waals surface area contributed by atoms with Crippen LogP contribution in [0, 0.1) is 0 Å². The van der Waals surface area contributed by atoms with Crippen LogP contribution in [0.2, 0.25) is 0 Å². The van der Waals surface area contributed by atoms with Crippen molar-refractivity contribution < 1.29 is 9.90 Å². The Morgan fingerprint density at radius 1 is 1.67 bits per heavy atom. The zero-order valence-corrected chi connectivity index (χ0v) is 9.62. The fourth-order valence-electron chi connectivity index (χ4n) is 0.988. The third-order valence-corrected chi connectivity index (χ3v) is 3.45. The highest BCUT2D eigenvalue weighted by Crippen LogP contribution is 2.20. The summed E-state index contributed by atoms with van der Waals surface area (Å²) in [7, 11) is 0. The number of aromatic nitrogens is 2. The second-order valence-electron chi connectivity index (χ2n) is 3.22. The second kappa shape index (κ2) is 5.70. The summed E-state index contributed by atoms with van der Waals surface area (Å²) >= 11 is 1.71. The highest BCUT2D eigenvalue weighted by atomic mass is 32.2. The number of nitrogens with zero attached hydrogens (tertiary/aromatic N) is 2. The lowest BCUT2D eigenvalue weighted by Gasteiger charge is -2.08. The normalized spacial score (nSPS) is 12.4. The van der Waals surface area contributed by atoms with E-state index in [0.717, 1.165) is 6.42 Å². The SMILES string of the molecule is CCC(C)SCc1ncncc1C(=O)O. The van der Waals surface area contributed by atoms with E-state index < -0.39 is 5.97 Å². The maximum absolute atomic E-state index is 10.8. The summed E-state index contributed by atoms with van der Waals surface area (Å²) in [6, 6.07) is 0. The second-order valence-corrected chi connectivity index (χ2v) is 4.64. The van der Waals surface area contributed by atoms with Crippen LogP contribution in [0.1, 0.15) is 36.3 Å². The van der Waals surface area contributed by atoms with E-state index in [0.29, 0.717) is 16.7 Å². The third kappa shape index (κ3) is 3.51. The summed E-state index contributed by atoms with van der Waals surface area (Å²) < 4.78 is 0. The van der Waals surface area contributed by atoms with E-state index in [1.807, 2.05) is 0 Å². The van der Waals surface area contributed by atoms with Gasteiger partial charge in [-0.15, -0.1) is 0 Å². The molecule has 5 heteroatoms. The highest BCUT2D eigenvalue weighted by molar-refractivity contribution is 7.99. The lowest BCUT2D eigenvalue weighted by atomic mass is 10.2. The molecular weight excluding hydrogens is 212 g/mol. The van der Waals surface area contributed by atoms with Crippen LogP contribution in [0.3, 0.4) is 0 Å². The average Bonchev–Trinajstić information content (AvgIpc) is 2.26. The Hall–Kier alpha value is -1.10. The van der Waals surface area contributed by atoms with E-state index in [4.69, 9.17) is 5.11 Å². The van der Waals surface area contributed by atoms with E-state index in [2.05, 4.69) is 23.8 Å². The average molecular weight is 226 g/mol. The topological polar surface area (TPSA) is 63.1 Å². The zero-order chi connectivity index (χ0) is 11.3. The third-order valence-electron chi connectivity index (χ3n) is 2.10. The highest BCUT2D eigenvalue weighted by Gasteiger charge is 2.12. The Kier molecular flexibility index (Phi) is 4.55. The molecule has 0 spiro atoms. The van der Waals surface area contributed by atoms with Gasteiger partial charge >= 0.3 is 5.97 Å². The van der Waals surface area contributed by atoms with Gasteiger partial charge in [0.2, 0.25) is 0 Å². The van der Waals surface area contributed by atoms with Gasteiger partial charge in [0.15, 0.2) is 0 Å². The van der Waals surface area contributed by atoms with Crippen molar-refractivity contribution in [3.8, 4) is 0 Å². The zero-order valence-electron chi connectivity index (χ0n) is 8.80. The van der Waals surface area contributed by atoms with Gasteiger partial charge < -0.3 is 5.11 Å². The quantitative estimate of drug-likeness (QED) is 0.834. The molecule has 0 aromatic carbocycles. The minimum Gasteiger partial charge on any atom is -0.478 e. The Balaban J connectivity index is 2.72. The monoisotopic (exact) mass is 226 g/mol. The van der Waals surface area contributed by atoms with Crippen LogP contribution in [0.5, 0.6) is 0 Å². The molecule has 0 fully saturated rings. The van der Waals surface area contributed by atoms with Gasteiger partial charge in [-0.2, -0.15) is 11.8 Å². The number of carboxylic acids is 1. The van der Waals surface area contributed by atoms with Crippen LogP contribution in [-0.4, -0.2) is 26.3 Å². The largest absolute Gasteiger partial charge is 0.478 e. The molecule has 1 aromatic heterocycles. The molecule has 0 aliphatic carbocycles. The molecule has 1 N–H and O–H groups in total. The molecule has 0 aliphatic rings. The lowest BCUT2D eigenvalue weighted by molar-refractivity contribution is 0.0695. The molecule has 1 unspecified atom stereocenters. The first-order chi connectivity index (χ1) is 7.15. The number of hydrogen-bond donors (Lipinski definition) is 1. The van der Waals surface area contributed by atoms with Crippen molar-refractivity contribution in [2.45, 2.75) is 31.3 Å². The first-order valence-electron chi connectivity index (χ1n) is 4.79. The molecule has 1 aromatic rings. The molecule has 15 heavy (non-hydrogen) atoms. The number of carbonyl (C=O) groups is 1. The smallest absolute Gasteiger partial charge is 0.339 e. The van der Waals surface area contributed by atoms with Gasteiger partial charge in [0, 0.05) is 17.2 Å². The van der Waals surface area contributed by atoms with E-state index in [9.17, 15) is 4.79 Å². The van der Waals surface area contributed by atoms with Crippen molar-refractivity contribution in [3.63, 3.8) is 0 Å². The minimum atomic E-state index is -0.963. The lowest BCUT2D eigenvalue weighted by Crippen LogP contribution is -2.06. The van der Waals surface area contributed by atoms with Gasteiger partial charge in [0.05, 0.1) is 5.69 Å². The van der Waals surface area contributed by atoms with Crippen molar-refractivity contribution >= 4 is 17.7 Å². The molecule has 1 heterocycles. The Bertz CT molecular complexity index is 344. The molecule has 0 aliphatic heterocycles. The van der Waals surface area contributed by atoms with Crippen LogP contribution < -0.4 is 0 Å². The molecule has 0 amide bonds. The van der Waals surface area contributed by atoms with Crippen molar-refractivity contribution in [3.05, 3.63) is 23.8 Å². The molecule has 1 rings (SSSR count). The van der Waals surface area contributed by atoms with Crippen LogP contribution in [0.15, 0.2) is 12.5 Å². The van der Waals surface area contributed by atoms with Gasteiger partial charge in [-0.3, -0.25) is 0 Å². The Labute approximate surface area is 93.1 Å². The van der Waals surface area contributed by atoms with Crippen molar-refractivity contribution in [2.24, 2.45) is 0 Å². The van der Waals surface area contributed by atoms with Gasteiger partial charge in [0.1, 0.15) is 11.9 Å². The minimum absolute atomic E-state index is 0.202. The molecule has 0 bridgehead atoms. The predicted octanol–water partition coefficient (Wildman–Crippen LogP) is 2.21. The Morgan fingerprint density at radius 2 is 2.40 bits per heavy atom. The fraction of sp³-hybridized carbons (Fsp3) is 0.500. The first-order valence-corrected chi connectivity index (χ1v) is 5.83. The predicted molar refractivity (Wildman–Crippen MR) is 60.0 cm³/mol. The molecule has 1 atom stereocenters. The molecule has 82 valence electrons. The molecule has 0 saturated carbocycles. The first kappa shape index (κ1) is 12.0. The van der Waals surface area contributed by atoms with Gasteiger partial charge in [-0.05, 0) is 6.42 Å². The van der Waals surface area contributed by atoms with E-state index in [1.165, 1.54) is 12.5 Å². The molecule has 0 radical (unpaired) electrons. The van der Waals surface area contributed by atoms with Crippen LogP contribution in [-0.2, 0) is 5.75 Å². The Morgan fingerprint density at radius 3 is 3.00 bits per heavy atom. The van der Waals surface area contributed by atoms with Crippen molar-refractivity contribution in [2.75, 3.05) is 0 Å². The summed E-state index contributed by atoms with van der Waals surface area (Å²) in [6.07, 6.45) is 3.80. The van der Waals surface area contributed by atoms with Crippen LogP contribution in [0.4, 0.5) is 0 Å². The van der Waals surface area contributed by atoms with E-state index in [-0.39, 0.29) is 5.56 Å². The fourth-order valence-corrected chi connectivity index (χ4v) is 1.90. The number of aromatic carboxylic acids is 1. The van der Waals surface area contributed by atoms with Gasteiger partial charge in [0.25, 0.3) is 0 Å². The van der Waals surface area contributed by atoms with Gasteiger partial charge in [-0.25, -0.2) is 14.8 Å². The van der Waals surface area contributed by atoms with Crippen LogP contribution >= 0.6 is 11.8 Å². The van der Waals surface area contributed by atoms with Crippen LogP contribution in [0.25, 0.3) is 0 Å². The number of carboxylic acid groups (broad SMARTS) is 1.